The molecule has 0 spiro atoms. The summed E-state index contributed by atoms with van der Waals surface area (Å²) in [5, 5.41) is 0. The fraction of sp³-hybridized carbons (Fsp3) is 0.688. The predicted octanol–water partition coefficient (Wildman–Crippen LogP) is 3.82. The van der Waals surface area contributed by atoms with Crippen molar-refractivity contribution in [2.24, 2.45) is 0 Å². The molecule has 0 radical (unpaired) electrons. The molecule has 106 valence electrons. The lowest BCUT2D eigenvalue weighted by Gasteiger charge is -2.37. The summed E-state index contributed by atoms with van der Waals surface area (Å²) in [6, 6.07) is 6.08. The van der Waals surface area contributed by atoms with Crippen LogP contribution in [-0.4, -0.2) is 23.3 Å². The molecule has 2 rings (SSSR count). The first-order chi connectivity index (χ1) is 8.92. The number of hydrogen-bond acceptors (Lipinski definition) is 3. The van der Waals surface area contributed by atoms with Crippen molar-refractivity contribution in [1.29, 1.82) is 0 Å². The highest BCUT2D eigenvalue weighted by atomic mass is 16.6. The van der Waals surface area contributed by atoms with E-state index in [9.17, 15) is 0 Å². The smallest absolute Gasteiger partial charge is 0.128 e. The molecule has 1 aromatic rings. The van der Waals surface area contributed by atoms with Gasteiger partial charge < -0.3 is 9.47 Å². The van der Waals surface area contributed by atoms with E-state index < -0.39 is 0 Å². The van der Waals surface area contributed by atoms with Crippen LogP contribution in [0.3, 0.4) is 0 Å². The summed E-state index contributed by atoms with van der Waals surface area (Å²) >= 11 is 0. The van der Waals surface area contributed by atoms with E-state index >= 15 is 0 Å². The van der Waals surface area contributed by atoms with E-state index in [0.29, 0.717) is 0 Å². The van der Waals surface area contributed by atoms with E-state index in [1.165, 1.54) is 0 Å². The number of pyridine rings is 1. The zero-order chi connectivity index (χ0) is 14.1. The first kappa shape index (κ1) is 14.5. The lowest BCUT2D eigenvalue weighted by atomic mass is 9.87. The van der Waals surface area contributed by atoms with Gasteiger partial charge in [-0.15, -0.1) is 0 Å². The molecule has 2 unspecified atom stereocenters. The Morgan fingerprint density at radius 2 is 2.11 bits per heavy atom. The van der Waals surface area contributed by atoms with Gasteiger partial charge in [-0.3, -0.25) is 4.98 Å². The lowest BCUT2D eigenvalue weighted by Crippen LogP contribution is -2.39. The van der Waals surface area contributed by atoms with Crippen molar-refractivity contribution in [3.63, 3.8) is 0 Å². The molecule has 1 aliphatic rings. The largest absolute Gasteiger partial charge is 0.372 e. The van der Waals surface area contributed by atoms with Crippen LogP contribution in [0.5, 0.6) is 0 Å². The normalized spacial score (nSPS) is 27.4. The molecule has 0 amide bonds. The van der Waals surface area contributed by atoms with E-state index in [2.05, 4.69) is 25.8 Å². The number of nitrogens with zero attached hydrogens (tertiary/aromatic N) is 1. The van der Waals surface area contributed by atoms with Crippen LogP contribution < -0.4 is 0 Å². The standard InChI is InChI=1S/C16H25NO2/c1-6-16(11-10-15(3,4)19-16)14(18-5)13-9-7-8-12(2)17-13/h7-9,14H,6,10-11H2,1-5H3. The second kappa shape index (κ2) is 5.22. The summed E-state index contributed by atoms with van der Waals surface area (Å²) in [6.45, 7) is 8.49. The number of aryl methyl sites for hydroxylation is 1. The second-order valence-electron chi connectivity index (χ2n) is 6.10. The maximum Gasteiger partial charge on any atom is 0.128 e. The molecule has 0 aromatic carbocycles. The SMILES string of the molecule is CCC1(C(OC)c2cccc(C)n2)CCC(C)(C)O1. The summed E-state index contributed by atoms with van der Waals surface area (Å²) in [7, 11) is 1.75. The number of ether oxygens (including phenoxy) is 2. The van der Waals surface area contributed by atoms with Gasteiger partial charge in [0.1, 0.15) is 11.7 Å². The molecule has 3 heteroatoms. The molecular formula is C16H25NO2. The Bertz CT molecular complexity index is 444. The predicted molar refractivity (Wildman–Crippen MR) is 76.1 cm³/mol. The highest BCUT2D eigenvalue weighted by Gasteiger charge is 2.49. The Hall–Kier alpha value is -0.930. The molecule has 1 fully saturated rings. The second-order valence-corrected chi connectivity index (χ2v) is 6.10. The Morgan fingerprint density at radius 3 is 2.58 bits per heavy atom. The van der Waals surface area contributed by atoms with Crippen molar-refractivity contribution < 1.29 is 9.47 Å². The molecule has 19 heavy (non-hydrogen) atoms. The van der Waals surface area contributed by atoms with Crippen molar-refractivity contribution in [3.8, 4) is 0 Å². The van der Waals surface area contributed by atoms with Crippen LogP contribution in [0.4, 0.5) is 0 Å². The van der Waals surface area contributed by atoms with Crippen LogP contribution in [0.2, 0.25) is 0 Å². The minimum Gasteiger partial charge on any atom is -0.372 e. The van der Waals surface area contributed by atoms with Crippen molar-refractivity contribution in [2.45, 2.75) is 64.3 Å². The Morgan fingerprint density at radius 1 is 1.37 bits per heavy atom. The number of methoxy groups -OCH3 is 1. The topological polar surface area (TPSA) is 31.4 Å². The molecule has 1 saturated heterocycles. The van der Waals surface area contributed by atoms with Gasteiger partial charge in [-0.25, -0.2) is 0 Å². The average molecular weight is 263 g/mol. The Balaban J connectivity index is 2.35. The Labute approximate surface area is 116 Å². The number of hydrogen-bond donors (Lipinski definition) is 0. The monoisotopic (exact) mass is 263 g/mol. The quantitative estimate of drug-likeness (QED) is 0.827. The summed E-state index contributed by atoms with van der Waals surface area (Å²) in [4.78, 5) is 4.62. The van der Waals surface area contributed by atoms with Crippen LogP contribution in [0.25, 0.3) is 0 Å². The van der Waals surface area contributed by atoms with Crippen LogP contribution in [-0.2, 0) is 9.47 Å². The summed E-state index contributed by atoms with van der Waals surface area (Å²) in [5.74, 6) is 0. The van der Waals surface area contributed by atoms with E-state index in [0.717, 1.165) is 30.7 Å². The molecule has 2 heterocycles. The van der Waals surface area contributed by atoms with Gasteiger partial charge >= 0.3 is 0 Å². The van der Waals surface area contributed by atoms with Crippen molar-refractivity contribution in [3.05, 3.63) is 29.6 Å². The summed E-state index contributed by atoms with van der Waals surface area (Å²) in [5.41, 5.74) is 1.67. The van der Waals surface area contributed by atoms with Gasteiger partial charge in [0.05, 0.1) is 11.3 Å². The minimum atomic E-state index is -0.251. The van der Waals surface area contributed by atoms with Crippen LogP contribution in [0.1, 0.15) is 57.5 Å². The molecular weight excluding hydrogens is 238 g/mol. The molecule has 0 saturated carbocycles. The fourth-order valence-corrected chi connectivity index (χ4v) is 3.10. The molecule has 0 aliphatic carbocycles. The van der Waals surface area contributed by atoms with Crippen LogP contribution in [0.15, 0.2) is 18.2 Å². The van der Waals surface area contributed by atoms with Crippen LogP contribution >= 0.6 is 0 Å². The summed E-state index contributed by atoms with van der Waals surface area (Å²) < 4.78 is 12.1. The zero-order valence-electron chi connectivity index (χ0n) is 12.7. The first-order valence-electron chi connectivity index (χ1n) is 7.09. The fourth-order valence-electron chi connectivity index (χ4n) is 3.10. The van der Waals surface area contributed by atoms with Gasteiger partial charge in [0.25, 0.3) is 0 Å². The van der Waals surface area contributed by atoms with E-state index in [1.807, 2.05) is 25.1 Å². The van der Waals surface area contributed by atoms with Gasteiger partial charge in [-0.2, -0.15) is 0 Å². The third-order valence-electron chi connectivity index (χ3n) is 4.12. The van der Waals surface area contributed by atoms with Crippen LogP contribution in [0, 0.1) is 6.92 Å². The van der Waals surface area contributed by atoms with E-state index in [-0.39, 0.29) is 17.3 Å². The Kier molecular flexibility index (Phi) is 3.98. The summed E-state index contributed by atoms with van der Waals surface area (Å²) in [6.07, 6.45) is 2.92. The van der Waals surface area contributed by atoms with E-state index in [4.69, 9.17) is 9.47 Å². The molecule has 1 aliphatic heterocycles. The molecule has 1 aromatic heterocycles. The molecule has 3 nitrogen and oxygen atoms in total. The van der Waals surface area contributed by atoms with Gasteiger partial charge in [0.15, 0.2) is 0 Å². The third kappa shape index (κ3) is 2.82. The maximum atomic E-state index is 6.37. The van der Waals surface area contributed by atoms with Gasteiger partial charge in [-0.1, -0.05) is 13.0 Å². The average Bonchev–Trinajstić information content (AvgIpc) is 2.67. The maximum absolute atomic E-state index is 6.37. The third-order valence-corrected chi connectivity index (χ3v) is 4.12. The lowest BCUT2D eigenvalue weighted by molar-refractivity contribution is -0.159. The van der Waals surface area contributed by atoms with E-state index in [1.54, 1.807) is 7.11 Å². The zero-order valence-corrected chi connectivity index (χ0v) is 12.7. The molecule has 0 N–H and O–H groups in total. The number of aromatic nitrogens is 1. The first-order valence-corrected chi connectivity index (χ1v) is 7.09. The van der Waals surface area contributed by atoms with Crippen molar-refractivity contribution >= 4 is 0 Å². The van der Waals surface area contributed by atoms with Gasteiger partial charge in [0.2, 0.25) is 0 Å². The minimum absolute atomic E-state index is 0.0728. The number of rotatable bonds is 4. The van der Waals surface area contributed by atoms with Gasteiger partial charge in [-0.05, 0) is 52.2 Å². The highest BCUT2D eigenvalue weighted by Crippen LogP contribution is 2.47. The highest BCUT2D eigenvalue weighted by molar-refractivity contribution is 5.17. The molecule has 0 bridgehead atoms. The van der Waals surface area contributed by atoms with Gasteiger partial charge in [0, 0.05) is 12.8 Å². The van der Waals surface area contributed by atoms with Crippen molar-refractivity contribution in [1.82, 2.24) is 4.98 Å². The van der Waals surface area contributed by atoms with Crippen molar-refractivity contribution in [2.75, 3.05) is 7.11 Å². The molecule has 2 atom stereocenters.